The van der Waals surface area contributed by atoms with E-state index in [2.05, 4.69) is 19.1 Å². The van der Waals surface area contributed by atoms with Crippen molar-refractivity contribution in [2.24, 2.45) is 5.92 Å². The lowest BCUT2D eigenvalue weighted by Crippen LogP contribution is -2.17. The Balaban J connectivity index is 2.36. The lowest BCUT2D eigenvalue weighted by molar-refractivity contribution is 0.0966. The van der Waals surface area contributed by atoms with Crippen molar-refractivity contribution in [3.05, 3.63) is 12.2 Å². The molecular formula is C16H30O2. The lowest BCUT2D eigenvalue weighted by atomic mass is 9.93. The highest BCUT2D eigenvalue weighted by Gasteiger charge is 2.14. The maximum Gasteiger partial charge on any atom is 0.0542 e. The van der Waals surface area contributed by atoms with E-state index < -0.39 is 0 Å². The van der Waals surface area contributed by atoms with Gasteiger partial charge in [-0.25, -0.2) is 0 Å². The van der Waals surface area contributed by atoms with E-state index in [-0.39, 0.29) is 12.2 Å². The van der Waals surface area contributed by atoms with Crippen molar-refractivity contribution in [3.8, 4) is 0 Å². The molecule has 0 aromatic heterocycles. The van der Waals surface area contributed by atoms with Crippen molar-refractivity contribution in [3.63, 3.8) is 0 Å². The summed E-state index contributed by atoms with van der Waals surface area (Å²) in [4.78, 5) is 0. The van der Waals surface area contributed by atoms with Crippen LogP contribution in [0.5, 0.6) is 0 Å². The van der Waals surface area contributed by atoms with E-state index in [1.165, 1.54) is 12.8 Å². The van der Waals surface area contributed by atoms with Crippen LogP contribution in [-0.4, -0.2) is 22.4 Å². The molecule has 0 saturated carbocycles. The van der Waals surface area contributed by atoms with E-state index in [4.69, 9.17) is 0 Å². The van der Waals surface area contributed by atoms with E-state index in [0.717, 1.165) is 51.4 Å². The zero-order valence-electron chi connectivity index (χ0n) is 11.9. The molecule has 0 aliphatic heterocycles. The number of allylic oxidation sites excluding steroid dienone is 2. The van der Waals surface area contributed by atoms with Gasteiger partial charge in [-0.05, 0) is 57.3 Å². The summed E-state index contributed by atoms with van der Waals surface area (Å²) < 4.78 is 0. The van der Waals surface area contributed by atoms with Gasteiger partial charge in [-0.1, -0.05) is 31.9 Å². The normalized spacial score (nSPS) is 35.4. The Labute approximate surface area is 112 Å². The van der Waals surface area contributed by atoms with Crippen LogP contribution >= 0.6 is 0 Å². The van der Waals surface area contributed by atoms with E-state index in [0.29, 0.717) is 5.92 Å². The second kappa shape index (κ2) is 9.57. The molecule has 0 spiro atoms. The van der Waals surface area contributed by atoms with Crippen LogP contribution in [0.3, 0.4) is 0 Å². The van der Waals surface area contributed by atoms with Crippen LogP contribution in [0, 0.1) is 5.92 Å². The first-order valence-corrected chi connectivity index (χ1v) is 7.69. The molecule has 18 heavy (non-hydrogen) atoms. The van der Waals surface area contributed by atoms with E-state index >= 15 is 0 Å². The molecule has 2 heteroatoms. The summed E-state index contributed by atoms with van der Waals surface area (Å²) in [7, 11) is 0. The Morgan fingerprint density at radius 2 is 1.22 bits per heavy atom. The molecule has 0 aromatic carbocycles. The van der Waals surface area contributed by atoms with Crippen molar-refractivity contribution in [2.45, 2.75) is 83.3 Å². The minimum atomic E-state index is -0.179. The van der Waals surface area contributed by atoms with Crippen LogP contribution in [0.2, 0.25) is 0 Å². The highest BCUT2D eigenvalue weighted by atomic mass is 16.3. The molecule has 2 unspecified atom stereocenters. The van der Waals surface area contributed by atoms with E-state index in [1.807, 2.05) is 0 Å². The van der Waals surface area contributed by atoms with Gasteiger partial charge in [0, 0.05) is 0 Å². The predicted octanol–water partition coefficient (Wildman–Crippen LogP) is 3.82. The van der Waals surface area contributed by atoms with Gasteiger partial charge in [-0.15, -0.1) is 0 Å². The quantitative estimate of drug-likeness (QED) is 0.645. The zero-order chi connectivity index (χ0) is 13.2. The summed E-state index contributed by atoms with van der Waals surface area (Å²) in [6.45, 7) is 2.14. The lowest BCUT2D eigenvalue weighted by Gasteiger charge is -2.19. The van der Waals surface area contributed by atoms with Crippen LogP contribution in [0.4, 0.5) is 0 Å². The van der Waals surface area contributed by atoms with Gasteiger partial charge in [0.2, 0.25) is 0 Å². The molecule has 0 heterocycles. The number of rotatable bonds is 0. The molecular weight excluding hydrogens is 224 g/mol. The summed E-state index contributed by atoms with van der Waals surface area (Å²) in [6.07, 6.45) is 14.6. The Hall–Kier alpha value is -0.340. The predicted molar refractivity (Wildman–Crippen MR) is 76.5 cm³/mol. The monoisotopic (exact) mass is 254 g/mol. The largest absolute Gasteiger partial charge is 0.393 e. The molecule has 106 valence electrons. The fraction of sp³-hybridized carbons (Fsp3) is 0.875. The van der Waals surface area contributed by atoms with Crippen molar-refractivity contribution >= 4 is 0 Å². The smallest absolute Gasteiger partial charge is 0.0542 e. The summed E-state index contributed by atoms with van der Waals surface area (Å²) in [5.41, 5.74) is 0. The third kappa shape index (κ3) is 7.88. The third-order valence-electron chi connectivity index (χ3n) is 3.83. The number of aliphatic hydroxyl groups excluding tert-OH is 2. The van der Waals surface area contributed by atoms with Crippen molar-refractivity contribution in [1.29, 1.82) is 0 Å². The summed E-state index contributed by atoms with van der Waals surface area (Å²) in [5.74, 6) is 0.429. The highest BCUT2D eigenvalue weighted by molar-refractivity contribution is 4.81. The molecule has 0 radical (unpaired) electrons. The molecule has 2 N–H and O–H groups in total. The summed E-state index contributed by atoms with van der Waals surface area (Å²) in [6, 6.07) is 0. The van der Waals surface area contributed by atoms with Gasteiger partial charge in [-0.2, -0.15) is 0 Å². The van der Waals surface area contributed by atoms with Crippen LogP contribution in [-0.2, 0) is 0 Å². The molecule has 0 saturated heterocycles. The topological polar surface area (TPSA) is 40.5 Å². The fourth-order valence-corrected chi connectivity index (χ4v) is 2.78. The molecule has 0 amide bonds. The fourth-order valence-electron chi connectivity index (χ4n) is 2.78. The third-order valence-corrected chi connectivity index (χ3v) is 3.83. The maximum absolute atomic E-state index is 9.93. The zero-order valence-corrected chi connectivity index (χ0v) is 11.9. The standard InChI is InChI=1S/C16H30O2/c1-14-12-15(17)10-8-6-4-2-3-5-7-9-11-16(18)13-14/h2-3,14-18H,4-13H2,1H3/b3-2-. The van der Waals surface area contributed by atoms with Crippen LogP contribution < -0.4 is 0 Å². The van der Waals surface area contributed by atoms with Crippen LogP contribution in [0.25, 0.3) is 0 Å². The van der Waals surface area contributed by atoms with Gasteiger partial charge in [0.15, 0.2) is 0 Å². The first kappa shape index (κ1) is 15.7. The van der Waals surface area contributed by atoms with Crippen molar-refractivity contribution in [2.75, 3.05) is 0 Å². The van der Waals surface area contributed by atoms with Gasteiger partial charge < -0.3 is 10.2 Å². The molecule has 1 aliphatic rings. The average molecular weight is 254 g/mol. The number of aliphatic hydroxyl groups is 2. The molecule has 1 aliphatic carbocycles. The first-order chi connectivity index (χ1) is 8.68. The second-order valence-electron chi connectivity index (χ2n) is 5.92. The summed E-state index contributed by atoms with van der Waals surface area (Å²) in [5, 5.41) is 19.9. The second-order valence-corrected chi connectivity index (χ2v) is 5.92. The molecule has 0 aromatic rings. The number of hydrogen-bond acceptors (Lipinski definition) is 2. The van der Waals surface area contributed by atoms with Gasteiger partial charge in [0.25, 0.3) is 0 Å². The Bertz CT molecular complexity index is 203. The Kier molecular flexibility index (Phi) is 8.36. The van der Waals surface area contributed by atoms with Gasteiger partial charge in [0.1, 0.15) is 0 Å². The molecule has 2 atom stereocenters. The maximum atomic E-state index is 9.93. The minimum absolute atomic E-state index is 0.179. The molecule has 1 rings (SSSR count). The van der Waals surface area contributed by atoms with Gasteiger partial charge >= 0.3 is 0 Å². The van der Waals surface area contributed by atoms with E-state index in [1.54, 1.807) is 0 Å². The van der Waals surface area contributed by atoms with E-state index in [9.17, 15) is 10.2 Å². The van der Waals surface area contributed by atoms with Gasteiger partial charge in [0.05, 0.1) is 12.2 Å². The summed E-state index contributed by atoms with van der Waals surface area (Å²) >= 11 is 0. The SMILES string of the molecule is CC1CC(O)CCCC/C=C\CCCCC(O)C1. The van der Waals surface area contributed by atoms with Crippen LogP contribution in [0.1, 0.15) is 71.1 Å². The molecule has 2 nitrogen and oxygen atoms in total. The number of hydrogen-bond donors (Lipinski definition) is 2. The molecule has 0 fully saturated rings. The Morgan fingerprint density at radius 3 is 1.67 bits per heavy atom. The Morgan fingerprint density at radius 1 is 0.778 bits per heavy atom. The van der Waals surface area contributed by atoms with Crippen molar-refractivity contribution < 1.29 is 10.2 Å². The highest BCUT2D eigenvalue weighted by Crippen LogP contribution is 2.19. The van der Waals surface area contributed by atoms with Crippen molar-refractivity contribution in [1.82, 2.24) is 0 Å². The minimum Gasteiger partial charge on any atom is -0.393 e. The van der Waals surface area contributed by atoms with Gasteiger partial charge in [-0.3, -0.25) is 0 Å². The molecule has 0 bridgehead atoms. The van der Waals surface area contributed by atoms with Crippen LogP contribution in [0.15, 0.2) is 12.2 Å². The average Bonchev–Trinajstić information content (AvgIpc) is 2.30. The first-order valence-electron chi connectivity index (χ1n) is 7.69.